The number of hydrogen-bond acceptors (Lipinski definition) is 2. The molecular formula is C18H27NO. The highest BCUT2D eigenvalue weighted by Gasteiger charge is 2.42. The van der Waals surface area contributed by atoms with E-state index in [9.17, 15) is 0 Å². The zero-order valence-corrected chi connectivity index (χ0v) is 13.0. The molecule has 0 radical (unpaired) electrons. The minimum absolute atomic E-state index is 0.721. The smallest absolute Gasteiger partial charge is 0.119 e. The van der Waals surface area contributed by atoms with Crippen molar-refractivity contribution in [3.63, 3.8) is 0 Å². The molecule has 0 N–H and O–H groups in total. The van der Waals surface area contributed by atoms with Crippen LogP contribution in [0.5, 0.6) is 5.75 Å². The monoisotopic (exact) mass is 273 g/mol. The summed E-state index contributed by atoms with van der Waals surface area (Å²) in [6.45, 7) is 1.22. The number of methoxy groups -OCH3 is 1. The Morgan fingerprint density at radius 2 is 2.05 bits per heavy atom. The summed E-state index contributed by atoms with van der Waals surface area (Å²) in [5, 5.41) is 0. The van der Waals surface area contributed by atoms with E-state index in [1.165, 1.54) is 37.8 Å². The van der Waals surface area contributed by atoms with E-state index in [0.29, 0.717) is 0 Å². The molecule has 0 aliphatic heterocycles. The molecule has 0 heterocycles. The van der Waals surface area contributed by atoms with Crippen LogP contribution in [0.3, 0.4) is 0 Å². The average Bonchev–Trinajstić information content (AvgIpc) is 2.84. The van der Waals surface area contributed by atoms with Gasteiger partial charge in [-0.3, -0.25) is 0 Å². The summed E-state index contributed by atoms with van der Waals surface area (Å²) < 4.78 is 5.42. The fraction of sp³-hybridized carbons (Fsp3) is 0.667. The maximum Gasteiger partial charge on any atom is 0.119 e. The molecular weight excluding hydrogens is 246 g/mol. The van der Waals surface area contributed by atoms with E-state index in [2.05, 4.69) is 43.3 Å². The zero-order chi connectivity index (χ0) is 14.1. The molecule has 1 aromatic carbocycles. The van der Waals surface area contributed by atoms with Gasteiger partial charge in [0.2, 0.25) is 0 Å². The Morgan fingerprint density at radius 3 is 2.80 bits per heavy atom. The minimum atomic E-state index is 0.721. The number of hydrogen-bond donors (Lipinski definition) is 0. The van der Waals surface area contributed by atoms with E-state index in [1.807, 2.05) is 0 Å². The fourth-order valence-corrected chi connectivity index (χ4v) is 4.53. The van der Waals surface area contributed by atoms with Gasteiger partial charge in [0.05, 0.1) is 7.11 Å². The number of benzene rings is 1. The van der Waals surface area contributed by atoms with E-state index in [4.69, 9.17) is 4.74 Å². The molecule has 2 heteroatoms. The molecule has 0 spiro atoms. The summed E-state index contributed by atoms with van der Waals surface area (Å²) in [4.78, 5) is 2.37. The number of rotatable bonds is 4. The molecule has 3 rings (SSSR count). The standard InChI is InChI=1S/C18H27NO/c1-19(2)12-18-15-8-7-13(9-15)10-17(18)14-5-4-6-16(11-14)20-3/h4-6,11,13,15,17-18H,7-10,12H2,1-3H3/t13?,15?,17-,18-/m0/s1. The van der Waals surface area contributed by atoms with E-state index >= 15 is 0 Å². The van der Waals surface area contributed by atoms with Crippen molar-refractivity contribution in [1.82, 2.24) is 4.90 Å². The van der Waals surface area contributed by atoms with E-state index in [-0.39, 0.29) is 0 Å². The first-order valence-electron chi connectivity index (χ1n) is 7.96. The first kappa shape index (κ1) is 13.9. The maximum absolute atomic E-state index is 5.42. The summed E-state index contributed by atoms with van der Waals surface area (Å²) in [7, 11) is 6.19. The summed E-state index contributed by atoms with van der Waals surface area (Å²) in [6.07, 6.45) is 5.75. The van der Waals surface area contributed by atoms with Crippen LogP contribution in [-0.2, 0) is 0 Å². The first-order chi connectivity index (χ1) is 9.67. The van der Waals surface area contributed by atoms with E-state index < -0.39 is 0 Å². The largest absolute Gasteiger partial charge is 0.497 e. The number of ether oxygens (including phenoxy) is 1. The molecule has 4 atom stereocenters. The molecule has 2 unspecified atom stereocenters. The summed E-state index contributed by atoms with van der Waals surface area (Å²) in [6, 6.07) is 8.78. The van der Waals surface area contributed by atoms with Gasteiger partial charge in [-0.25, -0.2) is 0 Å². The number of nitrogens with zero attached hydrogens (tertiary/aromatic N) is 1. The average molecular weight is 273 g/mol. The van der Waals surface area contributed by atoms with Gasteiger partial charge in [0.15, 0.2) is 0 Å². The van der Waals surface area contributed by atoms with E-state index in [1.54, 1.807) is 7.11 Å². The van der Waals surface area contributed by atoms with Crippen LogP contribution in [0.2, 0.25) is 0 Å². The highest BCUT2D eigenvalue weighted by Crippen LogP contribution is 2.52. The van der Waals surface area contributed by atoms with Gasteiger partial charge in [0.25, 0.3) is 0 Å². The molecule has 2 aliphatic rings. The number of fused-ring (bicyclic) bond motifs is 2. The highest BCUT2D eigenvalue weighted by molar-refractivity contribution is 5.32. The Morgan fingerprint density at radius 1 is 1.20 bits per heavy atom. The predicted octanol–water partition coefficient (Wildman–Crippen LogP) is 3.78. The minimum Gasteiger partial charge on any atom is -0.497 e. The lowest BCUT2D eigenvalue weighted by Gasteiger charge is -2.38. The Balaban J connectivity index is 1.87. The van der Waals surface area contributed by atoms with Crippen LogP contribution < -0.4 is 4.74 Å². The zero-order valence-electron chi connectivity index (χ0n) is 13.0. The van der Waals surface area contributed by atoms with Crippen molar-refractivity contribution in [1.29, 1.82) is 0 Å². The molecule has 20 heavy (non-hydrogen) atoms. The first-order valence-corrected chi connectivity index (χ1v) is 7.96. The van der Waals surface area contributed by atoms with Crippen molar-refractivity contribution in [3.05, 3.63) is 29.8 Å². The van der Waals surface area contributed by atoms with Crippen molar-refractivity contribution in [3.8, 4) is 5.75 Å². The molecule has 0 amide bonds. The third-order valence-corrected chi connectivity index (χ3v) is 5.39. The highest BCUT2D eigenvalue weighted by atomic mass is 16.5. The van der Waals surface area contributed by atoms with Crippen molar-refractivity contribution in [2.45, 2.75) is 31.6 Å². The molecule has 2 saturated carbocycles. The molecule has 2 nitrogen and oxygen atoms in total. The summed E-state index contributed by atoms with van der Waals surface area (Å²) in [5.74, 6) is 4.44. The van der Waals surface area contributed by atoms with Crippen LogP contribution in [-0.4, -0.2) is 32.6 Å². The van der Waals surface area contributed by atoms with Crippen LogP contribution in [0.15, 0.2) is 24.3 Å². The third-order valence-electron chi connectivity index (χ3n) is 5.39. The van der Waals surface area contributed by atoms with Gasteiger partial charge in [0.1, 0.15) is 5.75 Å². The molecule has 2 aliphatic carbocycles. The third kappa shape index (κ3) is 2.71. The van der Waals surface area contributed by atoms with Crippen molar-refractivity contribution >= 4 is 0 Å². The molecule has 0 aromatic heterocycles. The normalized spacial score (nSPS) is 32.6. The Labute approximate surface area is 123 Å². The van der Waals surface area contributed by atoms with Gasteiger partial charge in [-0.2, -0.15) is 0 Å². The predicted molar refractivity (Wildman–Crippen MR) is 83.2 cm³/mol. The molecule has 2 fully saturated rings. The van der Waals surface area contributed by atoms with Gasteiger partial charge in [-0.15, -0.1) is 0 Å². The quantitative estimate of drug-likeness (QED) is 0.828. The Hall–Kier alpha value is -1.02. The lowest BCUT2D eigenvalue weighted by molar-refractivity contribution is 0.165. The maximum atomic E-state index is 5.42. The van der Waals surface area contributed by atoms with Crippen LogP contribution in [0.25, 0.3) is 0 Å². The fourth-order valence-electron chi connectivity index (χ4n) is 4.53. The van der Waals surface area contributed by atoms with Crippen LogP contribution in [0.4, 0.5) is 0 Å². The molecule has 110 valence electrons. The topological polar surface area (TPSA) is 12.5 Å². The van der Waals surface area contributed by atoms with Crippen LogP contribution in [0.1, 0.15) is 37.2 Å². The van der Waals surface area contributed by atoms with Gasteiger partial charge in [-0.1, -0.05) is 18.6 Å². The van der Waals surface area contributed by atoms with Crippen molar-refractivity contribution in [2.75, 3.05) is 27.7 Å². The van der Waals surface area contributed by atoms with E-state index in [0.717, 1.165) is 29.4 Å². The molecule has 2 bridgehead atoms. The SMILES string of the molecule is COc1cccc([C@@H]2CC3CCC(C3)[C@@H]2CN(C)C)c1. The second kappa shape index (κ2) is 5.77. The molecule has 0 saturated heterocycles. The van der Waals surface area contributed by atoms with Crippen LogP contribution >= 0.6 is 0 Å². The van der Waals surface area contributed by atoms with Gasteiger partial charge >= 0.3 is 0 Å². The van der Waals surface area contributed by atoms with Crippen molar-refractivity contribution < 1.29 is 4.74 Å². The van der Waals surface area contributed by atoms with Crippen molar-refractivity contribution in [2.24, 2.45) is 17.8 Å². The second-order valence-electron chi connectivity index (χ2n) is 6.98. The summed E-state index contributed by atoms with van der Waals surface area (Å²) >= 11 is 0. The summed E-state index contributed by atoms with van der Waals surface area (Å²) in [5.41, 5.74) is 1.49. The van der Waals surface area contributed by atoms with Gasteiger partial charge < -0.3 is 9.64 Å². The lowest BCUT2D eigenvalue weighted by Crippen LogP contribution is -2.34. The van der Waals surface area contributed by atoms with Gasteiger partial charge in [0, 0.05) is 6.54 Å². The van der Waals surface area contributed by atoms with Gasteiger partial charge in [-0.05, 0) is 74.7 Å². The lowest BCUT2D eigenvalue weighted by atomic mass is 9.69. The van der Waals surface area contributed by atoms with Crippen LogP contribution in [0, 0.1) is 17.8 Å². The molecule has 1 aromatic rings. The second-order valence-corrected chi connectivity index (χ2v) is 6.98. The Kier molecular flexibility index (Phi) is 4.02. The Bertz CT molecular complexity index is 456.